The van der Waals surface area contributed by atoms with Crippen LogP contribution < -0.4 is 10.6 Å². The molecule has 0 aromatic heterocycles. The molecule has 0 aromatic rings. The number of piperidine rings is 1. The third-order valence-corrected chi connectivity index (χ3v) is 3.67. The van der Waals surface area contributed by atoms with E-state index < -0.39 is 0 Å². The molecule has 1 aliphatic carbocycles. The smallest absolute Gasteiger partial charge is 0.239 e. The number of nitrogens with zero attached hydrogens (tertiary/aromatic N) is 1. The summed E-state index contributed by atoms with van der Waals surface area (Å²) in [6.07, 6.45) is 3.90. The van der Waals surface area contributed by atoms with Crippen molar-refractivity contribution in [1.29, 1.82) is 0 Å². The Kier molecular flexibility index (Phi) is 4.22. The Morgan fingerprint density at radius 2 is 2.06 bits per heavy atom. The highest BCUT2D eigenvalue weighted by Crippen LogP contribution is 2.19. The minimum Gasteiger partial charge on any atom is -0.352 e. The van der Waals surface area contributed by atoms with Crippen LogP contribution in [0.3, 0.4) is 0 Å². The lowest BCUT2D eigenvalue weighted by atomic mass is 9.92. The monoisotopic (exact) mass is 253 g/mol. The van der Waals surface area contributed by atoms with Gasteiger partial charge in [0, 0.05) is 25.0 Å². The van der Waals surface area contributed by atoms with Gasteiger partial charge in [0.05, 0.1) is 6.54 Å². The second-order valence-corrected chi connectivity index (χ2v) is 5.61. The molecule has 2 fully saturated rings. The van der Waals surface area contributed by atoms with Gasteiger partial charge in [-0.1, -0.05) is 0 Å². The molecule has 102 valence electrons. The molecule has 0 bridgehead atoms. The van der Waals surface area contributed by atoms with Crippen molar-refractivity contribution in [3.05, 3.63) is 0 Å². The van der Waals surface area contributed by atoms with Crippen molar-refractivity contribution in [3.8, 4) is 0 Å². The van der Waals surface area contributed by atoms with Gasteiger partial charge < -0.3 is 15.5 Å². The summed E-state index contributed by atoms with van der Waals surface area (Å²) in [6, 6.07) is 0.751. The van der Waals surface area contributed by atoms with Gasteiger partial charge in [0.1, 0.15) is 0 Å². The van der Waals surface area contributed by atoms with Gasteiger partial charge in [-0.25, -0.2) is 0 Å². The first-order valence-electron chi connectivity index (χ1n) is 6.84. The second kappa shape index (κ2) is 5.69. The van der Waals surface area contributed by atoms with Crippen LogP contribution in [0.1, 0.15) is 32.6 Å². The van der Waals surface area contributed by atoms with Crippen LogP contribution in [-0.2, 0) is 9.59 Å². The number of rotatable bonds is 4. The summed E-state index contributed by atoms with van der Waals surface area (Å²) in [6.45, 7) is 3.17. The van der Waals surface area contributed by atoms with Crippen molar-refractivity contribution in [2.75, 3.05) is 20.1 Å². The van der Waals surface area contributed by atoms with Gasteiger partial charge >= 0.3 is 0 Å². The minimum absolute atomic E-state index is 0.0321. The number of likely N-dealkylation sites (N-methyl/N-ethyl adjacent to an activating group) is 1. The minimum atomic E-state index is -0.0321. The van der Waals surface area contributed by atoms with E-state index in [2.05, 4.69) is 17.6 Å². The number of hydrogen-bond acceptors (Lipinski definition) is 3. The van der Waals surface area contributed by atoms with E-state index in [1.807, 2.05) is 0 Å². The van der Waals surface area contributed by atoms with Crippen molar-refractivity contribution >= 4 is 11.8 Å². The number of amides is 2. The Morgan fingerprint density at radius 3 is 2.67 bits per heavy atom. The number of nitrogens with one attached hydrogen (secondary N) is 2. The van der Waals surface area contributed by atoms with Crippen LogP contribution in [0.5, 0.6) is 0 Å². The summed E-state index contributed by atoms with van der Waals surface area (Å²) in [5, 5.41) is 6.24. The second-order valence-electron chi connectivity index (χ2n) is 5.61. The van der Waals surface area contributed by atoms with Crippen molar-refractivity contribution < 1.29 is 9.59 Å². The fourth-order valence-corrected chi connectivity index (χ4v) is 2.46. The van der Waals surface area contributed by atoms with Crippen LogP contribution in [0.15, 0.2) is 0 Å². The van der Waals surface area contributed by atoms with Crippen LogP contribution in [-0.4, -0.2) is 48.9 Å². The number of carbonyl (C=O) groups is 2. The van der Waals surface area contributed by atoms with Gasteiger partial charge in [0.25, 0.3) is 0 Å². The van der Waals surface area contributed by atoms with Gasteiger partial charge in [-0.05, 0) is 39.2 Å². The fraction of sp³-hybridized carbons (Fsp3) is 0.846. The first-order chi connectivity index (χ1) is 8.56. The van der Waals surface area contributed by atoms with Gasteiger partial charge in [-0.2, -0.15) is 0 Å². The standard InChI is InChI=1S/C13H23N3O2/c1-9-7-10(5-6-14-9)13(18)16(2)8-12(17)15-11-3-4-11/h9-11,14H,3-8H2,1-2H3,(H,15,17)/t9-,10-/m0/s1. The van der Waals surface area contributed by atoms with Gasteiger partial charge in [-0.3, -0.25) is 9.59 Å². The molecule has 5 nitrogen and oxygen atoms in total. The number of carbonyl (C=O) groups excluding carboxylic acids is 2. The van der Waals surface area contributed by atoms with Gasteiger partial charge in [0.15, 0.2) is 0 Å². The molecule has 2 atom stereocenters. The quantitative estimate of drug-likeness (QED) is 0.747. The predicted octanol–water partition coefficient (Wildman–Crippen LogP) is 0.112. The van der Waals surface area contributed by atoms with Crippen LogP contribution in [0.4, 0.5) is 0 Å². The van der Waals surface area contributed by atoms with Crippen LogP contribution >= 0.6 is 0 Å². The Labute approximate surface area is 108 Å². The molecule has 0 spiro atoms. The zero-order chi connectivity index (χ0) is 13.1. The van der Waals surface area contributed by atoms with Crippen molar-refractivity contribution in [2.45, 2.75) is 44.7 Å². The lowest BCUT2D eigenvalue weighted by molar-refractivity contribution is -0.139. The maximum atomic E-state index is 12.2. The van der Waals surface area contributed by atoms with E-state index in [1.165, 1.54) is 0 Å². The van der Waals surface area contributed by atoms with E-state index in [0.29, 0.717) is 12.1 Å². The molecular weight excluding hydrogens is 230 g/mol. The van der Waals surface area contributed by atoms with Crippen molar-refractivity contribution in [3.63, 3.8) is 0 Å². The third kappa shape index (κ3) is 3.70. The summed E-state index contributed by atoms with van der Waals surface area (Å²) in [4.78, 5) is 25.4. The molecule has 1 saturated carbocycles. The Balaban J connectivity index is 1.77. The molecule has 1 aliphatic heterocycles. The van der Waals surface area contributed by atoms with Crippen molar-refractivity contribution in [1.82, 2.24) is 15.5 Å². The van der Waals surface area contributed by atoms with Crippen LogP contribution in [0, 0.1) is 5.92 Å². The van der Waals surface area contributed by atoms with E-state index in [1.54, 1.807) is 11.9 Å². The topological polar surface area (TPSA) is 61.4 Å². The maximum absolute atomic E-state index is 12.2. The van der Waals surface area contributed by atoms with Crippen molar-refractivity contribution in [2.24, 2.45) is 5.92 Å². The van der Waals surface area contributed by atoms with Gasteiger partial charge in [0.2, 0.25) is 11.8 Å². The van der Waals surface area contributed by atoms with Crippen LogP contribution in [0.25, 0.3) is 0 Å². The summed E-state index contributed by atoms with van der Waals surface area (Å²) < 4.78 is 0. The first-order valence-corrected chi connectivity index (χ1v) is 6.84. The normalized spacial score (nSPS) is 27.7. The zero-order valence-electron chi connectivity index (χ0n) is 11.2. The number of hydrogen-bond donors (Lipinski definition) is 2. The zero-order valence-corrected chi connectivity index (χ0v) is 11.2. The molecular formula is C13H23N3O2. The fourth-order valence-electron chi connectivity index (χ4n) is 2.46. The van der Waals surface area contributed by atoms with Gasteiger partial charge in [-0.15, -0.1) is 0 Å². The SMILES string of the molecule is C[C@H]1C[C@@H](C(=O)N(C)CC(=O)NC2CC2)CCN1. The molecule has 1 heterocycles. The lowest BCUT2D eigenvalue weighted by Gasteiger charge is -2.30. The molecule has 2 N–H and O–H groups in total. The molecule has 0 radical (unpaired) electrons. The van der Waals surface area contributed by atoms with E-state index >= 15 is 0 Å². The summed E-state index contributed by atoms with van der Waals surface area (Å²) in [5.41, 5.74) is 0. The molecule has 0 unspecified atom stereocenters. The predicted molar refractivity (Wildman–Crippen MR) is 69.0 cm³/mol. The summed E-state index contributed by atoms with van der Waals surface area (Å²) in [7, 11) is 1.72. The molecule has 2 rings (SSSR count). The third-order valence-electron chi connectivity index (χ3n) is 3.67. The molecule has 2 aliphatic rings. The summed E-state index contributed by atoms with van der Waals surface area (Å²) >= 11 is 0. The Hall–Kier alpha value is -1.10. The average molecular weight is 253 g/mol. The molecule has 18 heavy (non-hydrogen) atoms. The van der Waals surface area contributed by atoms with E-state index in [4.69, 9.17) is 0 Å². The van der Waals surface area contributed by atoms with E-state index in [0.717, 1.165) is 32.2 Å². The lowest BCUT2D eigenvalue weighted by Crippen LogP contribution is -2.45. The largest absolute Gasteiger partial charge is 0.352 e. The average Bonchev–Trinajstić information content (AvgIpc) is 3.11. The van der Waals surface area contributed by atoms with E-state index in [-0.39, 0.29) is 24.3 Å². The highest BCUT2D eigenvalue weighted by Gasteiger charge is 2.29. The Bertz CT molecular complexity index is 328. The highest BCUT2D eigenvalue weighted by molar-refractivity contribution is 5.86. The molecule has 0 aromatic carbocycles. The maximum Gasteiger partial charge on any atom is 0.239 e. The molecule has 1 saturated heterocycles. The highest BCUT2D eigenvalue weighted by atomic mass is 16.2. The first kappa shape index (κ1) is 13.3. The Morgan fingerprint density at radius 1 is 1.33 bits per heavy atom. The van der Waals surface area contributed by atoms with E-state index in [9.17, 15) is 9.59 Å². The van der Waals surface area contributed by atoms with Crippen LogP contribution in [0.2, 0.25) is 0 Å². The molecule has 5 heteroatoms. The molecule has 2 amide bonds. The summed E-state index contributed by atoms with van der Waals surface area (Å²) in [5.74, 6) is 0.143.